The summed E-state index contributed by atoms with van der Waals surface area (Å²) in [4.78, 5) is 4.50. The number of benzene rings is 1. The Morgan fingerprint density at radius 3 is 2.90 bits per heavy atom. The smallest absolute Gasteiger partial charge is 0.0947 e. The molecule has 1 aliphatic rings. The topological polar surface area (TPSA) is 29.9 Å². The summed E-state index contributed by atoms with van der Waals surface area (Å²) in [5.74, 6) is 0. The Morgan fingerprint density at radius 2 is 2.15 bits per heavy atom. The van der Waals surface area contributed by atoms with Gasteiger partial charge < -0.3 is 9.88 Å². The van der Waals surface area contributed by atoms with Gasteiger partial charge in [0.1, 0.15) is 0 Å². The number of nitrogens with zero attached hydrogens (tertiary/aromatic N) is 2. The standard InChI is InChI=1S/C17H23N3/c1-3-18-16(17-11-20(2)12-19-17)10-13-7-8-14-5-4-6-15(14)9-13/h7-9,11-12,16,18H,3-6,10H2,1-2H3. The van der Waals surface area contributed by atoms with Gasteiger partial charge >= 0.3 is 0 Å². The van der Waals surface area contributed by atoms with Crippen molar-refractivity contribution in [1.29, 1.82) is 0 Å². The largest absolute Gasteiger partial charge is 0.340 e. The van der Waals surface area contributed by atoms with Crippen LogP contribution in [0, 0.1) is 0 Å². The summed E-state index contributed by atoms with van der Waals surface area (Å²) >= 11 is 0. The first-order valence-corrected chi connectivity index (χ1v) is 7.58. The summed E-state index contributed by atoms with van der Waals surface area (Å²) in [6.45, 7) is 3.12. The molecule has 0 amide bonds. The fourth-order valence-corrected chi connectivity index (χ4v) is 3.13. The molecule has 1 heterocycles. The van der Waals surface area contributed by atoms with Gasteiger partial charge in [0.25, 0.3) is 0 Å². The molecule has 2 aromatic rings. The molecule has 1 aromatic carbocycles. The van der Waals surface area contributed by atoms with Gasteiger partial charge in [-0.25, -0.2) is 4.98 Å². The molecule has 0 saturated carbocycles. The predicted octanol–water partition coefficient (Wildman–Crippen LogP) is 2.80. The Balaban J connectivity index is 1.79. The molecule has 0 radical (unpaired) electrons. The van der Waals surface area contributed by atoms with E-state index in [1.54, 1.807) is 11.1 Å². The second kappa shape index (κ2) is 5.80. The SMILES string of the molecule is CCNC(Cc1ccc2c(c1)CCC2)c1cn(C)cn1. The first-order chi connectivity index (χ1) is 9.76. The van der Waals surface area contributed by atoms with Crippen LogP contribution in [-0.2, 0) is 26.3 Å². The van der Waals surface area contributed by atoms with Crippen molar-refractivity contribution in [3.8, 4) is 0 Å². The highest BCUT2D eigenvalue weighted by molar-refractivity contribution is 5.35. The minimum Gasteiger partial charge on any atom is -0.340 e. The second-order valence-electron chi connectivity index (χ2n) is 5.74. The third kappa shape index (κ3) is 2.78. The predicted molar refractivity (Wildman–Crippen MR) is 81.8 cm³/mol. The van der Waals surface area contributed by atoms with Crippen molar-refractivity contribution in [2.75, 3.05) is 6.54 Å². The first kappa shape index (κ1) is 13.4. The van der Waals surface area contributed by atoms with Gasteiger partial charge in [0, 0.05) is 13.2 Å². The number of hydrogen-bond acceptors (Lipinski definition) is 2. The molecule has 3 nitrogen and oxygen atoms in total. The van der Waals surface area contributed by atoms with Crippen LogP contribution < -0.4 is 5.32 Å². The molecule has 1 N–H and O–H groups in total. The Morgan fingerprint density at radius 1 is 1.30 bits per heavy atom. The van der Waals surface area contributed by atoms with Crippen LogP contribution in [0.1, 0.15) is 41.8 Å². The highest BCUT2D eigenvalue weighted by Gasteiger charge is 2.16. The van der Waals surface area contributed by atoms with Crippen LogP contribution in [0.15, 0.2) is 30.7 Å². The fourth-order valence-electron chi connectivity index (χ4n) is 3.13. The monoisotopic (exact) mass is 269 g/mol. The van der Waals surface area contributed by atoms with Gasteiger partial charge in [-0.1, -0.05) is 25.1 Å². The van der Waals surface area contributed by atoms with Crippen LogP contribution in [0.5, 0.6) is 0 Å². The molecule has 1 unspecified atom stereocenters. The molecular weight excluding hydrogens is 246 g/mol. The Bertz CT molecular complexity index is 586. The maximum absolute atomic E-state index is 4.50. The molecule has 20 heavy (non-hydrogen) atoms. The van der Waals surface area contributed by atoms with Crippen molar-refractivity contribution in [3.63, 3.8) is 0 Å². The van der Waals surface area contributed by atoms with E-state index >= 15 is 0 Å². The molecule has 3 heteroatoms. The van der Waals surface area contributed by atoms with Crippen LogP contribution in [0.4, 0.5) is 0 Å². The maximum atomic E-state index is 4.50. The average Bonchev–Trinajstić information content (AvgIpc) is 3.06. The van der Waals surface area contributed by atoms with Crippen molar-refractivity contribution in [2.24, 2.45) is 7.05 Å². The van der Waals surface area contributed by atoms with Gasteiger partial charge in [-0.05, 0) is 48.9 Å². The number of hydrogen-bond donors (Lipinski definition) is 1. The molecule has 0 saturated heterocycles. The highest BCUT2D eigenvalue weighted by atomic mass is 15.0. The number of nitrogens with one attached hydrogen (secondary N) is 1. The lowest BCUT2D eigenvalue weighted by Crippen LogP contribution is -2.23. The molecule has 0 aliphatic heterocycles. The van der Waals surface area contributed by atoms with Gasteiger partial charge in [0.15, 0.2) is 0 Å². The van der Waals surface area contributed by atoms with Crippen molar-refractivity contribution in [3.05, 3.63) is 53.1 Å². The van der Waals surface area contributed by atoms with Crippen LogP contribution in [0.25, 0.3) is 0 Å². The first-order valence-electron chi connectivity index (χ1n) is 7.58. The fraction of sp³-hybridized carbons (Fsp3) is 0.471. The van der Waals surface area contributed by atoms with E-state index in [0.717, 1.165) is 18.7 Å². The van der Waals surface area contributed by atoms with E-state index in [1.165, 1.54) is 24.8 Å². The minimum absolute atomic E-state index is 0.306. The lowest BCUT2D eigenvalue weighted by Gasteiger charge is -2.16. The average molecular weight is 269 g/mol. The summed E-state index contributed by atoms with van der Waals surface area (Å²) in [5.41, 5.74) is 5.66. The summed E-state index contributed by atoms with van der Waals surface area (Å²) in [5, 5.41) is 3.55. The van der Waals surface area contributed by atoms with Gasteiger partial charge in [-0.3, -0.25) is 0 Å². The molecule has 1 aromatic heterocycles. The Labute approximate surface area is 121 Å². The summed E-state index contributed by atoms with van der Waals surface area (Å²) in [7, 11) is 2.02. The van der Waals surface area contributed by atoms with Crippen molar-refractivity contribution < 1.29 is 0 Å². The summed E-state index contributed by atoms with van der Waals surface area (Å²) in [6.07, 6.45) is 8.82. The zero-order valence-corrected chi connectivity index (χ0v) is 12.4. The van der Waals surface area contributed by atoms with Crippen LogP contribution in [0.3, 0.4) is 0 Å². The molecule has 106 valence electrons. The van der Waals surface area contributed by atoms with Gasteiger partial charge in [-0.15, -0.1) is 0 Å². The number of aryl methyl sites for hydroxylation is 3. The van der Waals surface area contributed by atoms with E-state index in [-0.39, 0.29) is 0 Å². The molecule has 0 bridgehead atoms. The molecule has 0 fully saturated rings. The normalized spacial score (nSPS) is 15.3. The Hall–Kier alpha value is -1.61. The third-order valence-corrected chi connectivity index (χ3v) is 4.14. The number of likely N-dealkylation sites (N-methyl/N-ethyl adjacent to an activating group) is 1. The number of imidazole rings is 1. The van der Waals surface area contributed by atoms with E-state index in [1.807, 2.05) is 17.9 Å². The van der Waals surface area contributed by atoms with E-state index in [4.69, 9.17) is 0 Å². The molecule has 1 atom stereocenters. The quantitative estimate of drug-likeness (QED) is 0.904. The van der Waals surface area contributed by atoms with E-state index in [0.29, 0.717) is 6.04 Å². The van der Waals surface area contributed by atoms with E-state index in [2.05, 4.69) is 41.6 Å². The van der Waals surface area contributed by atoms with Crippen LogP contribution in [-0.4, -0.2) is 16.1 Å². The maximum Gasteiger partial charge on any atom is 0.0947 e. The zero-order valence-electron chi connectivity index (χ0n) is 12.4. The highest BCUT2D eigenvalue weighted by Crippen LogP contribution is 2.25. The zero-order chi connectivity index (χ0) is 13.9. The number of fused-ring (bicyclic) bond motifs is 1. The van der Waals surface area contributed by atoms with Gasteiger partial charge in [-0.2, -0.15) is 0 Å². The summed E-state index contributed by atoms with van der Waals surface area (Å²) in [6, 6.07) is 7.31. The van der Waals surface area contributed by atoms with Gasteiger partial charge in [0.05, 0.1) is 18.1 Å². The van der Waals surface area contributed by atoms with Crippen LogP contribution >= 0.6 is 0 Å². The van der Waals surface area contributed by atoms with Crippen LogP contribution in [0.2, 0.25) is 0 Å². The summed E-state index contributed by atoms with van der Waals surface area (Å²) < 4.78 is 2.02. The second-order valence-corrected chi connectivity index (χ2v) is 5.74. The minimum atomic E-state index is 0.306. The van der Waals surface area contributed by atoms with Gasteiger partial charge in [0.2, 0.25) is 0 Å². The molecule has 1 aliphatic carbocycles. The van der Waals surface area contributed by atoms with Crippen molar-refractivity contribution in [1.82, 2.24) is 14.9 Å². The third-order valence-electron chi connectivity index (χ3n) is 4.14. The lowest BCUT2D eigenvalue weighted by molar-refractivity contribution is 0.538. The molecule has 3 rings (SSSR count). The Kier molecular flexibility index (Phi) is 3.88. The lowest BCUT2D eigenvalue weighted by atomic mass is 9.99. The molecular formula is C17H23N3. The van der Waals surface area contributed by atoms with E-state index < -0.39 is 0 Å². The number of rotatable bonds is 5. The van der Waals surface area contributed by atoms with E-state index in [9.17, 15) is 0 Å². The van der Waals surface area contributed by atoms with Crippen molar-refractivity contribution >= 4 is 0 Å². The van der Waals surface area contributed by atoms with Crippen molar-refractivity contribution in [2.45, 2.75) is 38.6 Å². The number of aromatic nitrogens is 2. The molecule has 0 spiro atoms.